The third-order valence-corrected chi connectivity index (χ3v) is 4.52. The molecule has 3 rings (SSSR count). The molecule has 0 spiro atoms. The number of hydrogen-bond donors (Lipinski definition) is 1. The summed E-state index contributed by atoms with van der Waals surface area (Å²) < 4.78 is 6.49. The molecule has 1 N–H and O–H groups in total. The number of aryl methyl sites for hydroxylation is 1. The standard InChI is InChI=1S/C21H14BrN3O4/c1-13-2-8-18(19(10-13)25(27)28)20-9-7-17(29-20)11-14(12-23)21(26)24-16-5-3-15(22)4-6-16/h2-11H,1H3,(H,24,26)/b14-11+. The van der Waals surface area contributed by atoms with Gasteiger partial charge >= 0.3 is 0 Å². The molecular formula is C21H14BrN3O4. The van der Waals surface area contributed by atoms with Gasteiger partial charge in [0, 0.05) is 22.3 Å². The molecule has 0 aliphatic heterocycles. The Hall–Kier alpha value is -3.70. The molecule has 0 radical (unpaired) electrons. The summed E-state index contributed by atoms with van der Waals surface area (Å²) >= 11 is 3.31. The van der Waals surface area contributed by atoms with Gasteiger partial charge in [0.25, 0.3) is 11.6 Å². The lowest BCUT2D eigenvalue weighted by atomic mass is 10.1. The molecule has 29 heavy (non-hydrogen) atoms. The average Bonchev–Trinajstić information content (AvgIpc) is 3.16. The van der Waals surface area contributed by atoms with Crippen molar-refractivity contribution in [2.75, 3.05) is 5.32 Å². The number of halogens is 1. The predicted octanol–water partition coefficient (Wildman–Crippen LogP) is 5.47. The van der Waals surface area contributed by atoms with Crippen molar-refractivity contribution in [3.05, 3.63) is 86.1 Å². The van der Waals surface area contributed by atoms with Gasteiger partial charge in [0.1, 0.15) is 23.2 Å². The second-order valence-electron chi connectivity index (χ2n) is 6.11. The minimum atomic E-state index is -0.589. The molecule has 0 aliphatic rings. The second-order valence-corrected chi connectivity index (χ2v) is 7.03. The van der Waals surface area contributed by atoms with E-state index >= 15 is 0 Å². The second kappa shape index (κ2) is 8.54. The highest BCUT2D eigenvalue weighted by molar-refractivity contribution is 9.10. The number of rotatable bonds is 5. The number of furan rings is 1. The van der Waals surface area contributed by atoms with Gasteiger partial charge in [0.05, 0.1) is 10.5 Å². The molecule has 0 aliphatic carbocycles. The van der Waals surface area contributed by atoms with Crippen LogP contribution in [-0.4, -0.2) is 10.8 Å². The molecule has 0 unspecified atom stereocenters. The monoisotopic (exact) mass is 451 g/mol. The summed E-state index contributed by atoms with van der Waals surface area (Å²) in [6.45, 7) is 1.76. The van der Waals surface area contributed by atoms with E-state index in [-0.39, 0.29) is 22.8 Å². The molecule has 1 heterocycles. The third kappa shape index (κ3) is 4.78. The lowest BCUT2D eigenvalue weighted by molar-refractivity contribution is -0.384. The first-order valence-corrected chi connectivity index (χ1v) is 9.20. The van der Waals surface area contributed by atoms with Crippen LogP contribution in [0.15, 0.2) is 69.1 Å². The predicted molar refractivity (Wildman–Crippen MR) is 112 cm³/mol. The Kier molecular flexibility index (Phi) is 5.90. The summed E-state index contributed by atoms with van der Waals surface area (Å²) in [6.07, 6.45) is 1.29. The van der Waals surface area contributed by atoms with E-state index in [0.29, 0.717) is 11.3 Å². The largest absolute Gasteiger partial charge is 0.456 e. The van der Waals surface area contributed by atoms with Crippen molar-refractivity contribution in [1.29, 1.82) is 5.26 Å². The van der Waals surface area contributed by atoms with Crippen LogP contribution in [0.5, 0.6) is 0 Å². The lowest BCUT2D eigenvalue weighted by Gasteiger charge is -2.04. The maximum atomic E-state index is 12.3. The number of hydrogen-bond acceptors (Lipinski definition) is 5. The Morgan fingerprint density at radius 1 is 1.21 bits per heavy atom. The van der Waals surface area contributed by atoms with Gasteiger partial charge in [-0.05, 0) is 55.0 Å². The Bertz CT molecular complexity index is 1160. The minimum Gasteiger partial charge on any atom is -0.456 e. The van der Waals surface area contributed by atoms with Crippen LogP contribution in [0.25, 0.3) is 17.4 Å². The fraction of sp³-hybridized carbons (Fsp3) is 0.0476. The van der Waals surface area contributed by atoms with Gasteiger partial charge in [0.15, 0.2) is 0 Å². The topological polar surface area (TPSA) is 109 Å². The number of nitro benzene ring substituents is 1. The number of benzene rings is 2. The third-order valence-electron chi connectivity index (χ3n) is 4.00. The number of nitrogens with one attached hydrogen (secondary N) is 1. The molecule has 3 aromatic rings. The molecule has 2 aromatic carbocycles. The van der Waals surface area contributed by atoms with E-state index in [0.717, 1.165) is 10.0 Å². The smallest absolute Gasteiger partial charge is 0.280 e. The maximum Gasteiger partial charge on any atom is 0.280 e. The van der Waals surface area contributed by atoms with Crippen LogP contribution < -0.4 is 5.32 Å². The maximum absolute atomic E-state index is 12.3. The zero-order valence-corrected chi connectivity index (χ0v) is 16.8. The fourth-order valence-corrected chi connectivity index (χ4v) is 2.86. The summed E-state index contributed by atoms with van der Waals surface area (Å²) in [6, 6.07) is 16.7. The average molecular weight is 452 g/mol. The van der Waals surface area contributed by atoms with Crippen molar-refractivity contribution < 1.29 is 14.1 Å². The molecule has 0 atom stereocenters. The molecule has 7 nitrogen and oxygen atoms in total. The van der Waals surface area contributed by atoms with Crippen molar-refractivity contribution in [1.82, 2.24) is 0 Å². The Labute approximate surface area is 174 Å². The van der Waals surface area contributed by atoms with Gasteiger partial charge in [-0.1, -0.05) is 22.0 Å². The van der Waals surface area contributed by atoms with Gasteiger partial charge < -0.3 is 9.73 Å². The van der Waals surface area contributed by atoms with Crippen molar-refractivity contribution in [3.8, 4) is 17.4 Å². The van der Waals surface area contributed by atoms with Crippen LogP contribution in [0.4, 0.5) is 11.4 Å². The summed E-state index contributed by atoms with van der Waals surface area (Å²) in [5, 5.41) is 23.3. The number of nitro groups is 1. The van der Waals surface area contributed by atoms with E-state index in [1.165, 1.54) is 12.1 Å². The van der Waals surface area contributed by atoms with Crippen molar-refractivity contribution in [2.24, 2.45) is 0 Å². The molecule has 144 valence electrons. The van der Waals surface area contributed by atoms with Crippen molar-refractivity contribution >= 4 is 39.3 Å². The molecule has 1 amide bonds. The van der Waals surface area contributed by atoms with Crippen LogP contribution in [0, 0.1) is 28.4 Å². The van der Waals surface area contributed by atoms with Crippen LogP contribution in [0.1, 0.15) is 11.3 Å². The van der Waals surface area contributed by atoms with E-state index in [2.05, 4.69) is 21.2 Å². The molecule has 0 saturated carbocycles. The SMILES string of the molecule is Cc1ccc(-c2ccc(/C=C(\C#N)C(=O)Nc3ccc(Br)cc3)o2)c([N+](=O)[O-])c1. The van der Waals surface area contributed by atoms with Crippen LogP contribution in [0.2, 0.25) is 0 Å². The zero-order chi connectivity index (χ0) is 21.0. The van der Waals surface area contributed by atoms with Crippen molar-refractivity contribution in [3.63, 3.8) is 0 Å². The first-order valence-electron chi connectivity index (χ1n) is 8.41. The minimum absolute atomic E-state index is 0.0802. The van der Waals surface area contributed by atoms with Crippen LogP contribution >= 0.6 is 15.9 Å². The van der Waals surface area contributed by atoms with E-state index in [1.54, 1.807) is 55.5 Å². The first kappa shape index (κ1) is 20.0. The summed E-state index contributed by atoms with van der Waals surface area (Å²) in [7, 11) is 0. The van der Waals surface area contributed by atoms with Crippen LogP contribution in [0.3, 0.4) is 0 Å². The molecule has 0 fully saturated rings. The van der Waals surface area contributed by atoms with E-state index < -0.39 is 10.8 Å². The Balaban J connectivity index is 1.86. The number of amides is 1. The van der Waals surface area contributed by atoms with Gasteiger partial charge in [-0.3, -0.25) is 14.9 Å². The van der Waals surface area contributed by atoms with E-state index in [9.17, 15) is 20.2 Å². The van der Waals surface area contributed by atoms with Crippen LogP contribution in [-0.2, 0) is 4.79 Å². The molecule has 1 aromatic heterocycles. The quantitative estimate of drug-likeness (QED) is 0.239. The van der Waals surface area contributed by atoms with Gasteiger partial charge in [-0.2, -0.15) is 5.26 Å². The Morgan fingerprint density at radius 2 is 1.93 bits per heavy atom. The lowest BCUT2D eigenvalue weighted by Crippen LogP contribution is -2.13. The van der Waals surface area contributed by atoms with Gasteiger partial charge in [0.2, 0.25) is 0 Å². The van der Waals surface area contributed by atoms with Gasteiger partial charge in [-0.15, -0.1) is 0 Å². The number of nitriles is 1. The zero-order valence-electron chi connectivity index (χ0n) is 15.2. The number of anilines is 1. The van der Waals surface area contributed by atoms with E-state index in [1.807, 2.05) is 6.07 Å². The highest BCUT2D eigenvalue weighted by Crippen LogP contribution is 2.32. The summed E-state index contributed by atoms with van der Waals surface area (Å²) in [5.41, 5.74) is 1.37. The summed E-state index contributed by atoms with van der Waals surface area (Å²) in [5.74, 6) is -0.0833. The van der Waals surface area contributed by atoms with E-state index in [4.69, 9.17) is 4.42 Å². The number of carbonyl (C=O) groups excluding carboxylic acids is 1. The first-order chi connectivity index (χ1) is 13.9. The highest BCUT2D eigenvalue weighted by atomic mass is 79.9. The molecular weight excluding hydrogens is 438 g/mol. The van der Waals surface area contributed by atoms with Crippen molar-refractivity contribution in [2.45, 2.75) is 6.92 Å². The van der Waals surface area contributed by atoms with Gasteiger partial charge in [-0.25, -0.2) is 0 Å². The Morgan fingerprint density at radius 3 is 2.59 bits per heavy atom. The number of carbonyl (C=O) groups is 1. The molecule has 0 saturated heterocycles. The highest BCUT2D eigenvalue weighted by Gasteiger charge is 2.18. The summed E-state index contributed by atoms with van der Waals surface area (Å²) in [4.78, 5) is 23.2. The molecule has 0 bridgehead atoms. The molecule has 8 heteroatoms. The number of nitrogens with zero attached hydrogens (tertiary/aromatic N) is 2. The fourth-order valence-electron chi connectivity index (χ4n) is 2.60. The normalized spacial score (nSPS) is 11.0.